The van der Waals surface area contributed by atoms with Gasteiger partial charge in [0.05, 0.1) is 5.69 Å². The molecule has 0 aliphatic carbocycles. The maximum Gasteiger partial charge on any atom is 0.136 e. The van der Waals surface area contributed by atoms with Crippen LogP contribution in [0, 0.1) is 0 Å². The smallest absolute Gasteiger partial charge is 0.136 e. The lowest BCUT2D eigenvalue weighted by atomic mass is 10.0. The Morgan fingerprint density at radius 1 is 1.35 bits per heavy atom. The number of nitrogens with zero attached hydrogens (tertiary/aromatic N) is 2. The van der Waals surface area contributed by atoms with E-state index in [-0.39, 0.29) is 0 Å². The monoisotopic (exact) mass is 229 g/mol. The van der Waals surface area contributed by atoms with E-state index >= 15 is 0 Å². The van der Waals surface area contributed by atoms with Crippen molar-refractivity contribution in [3.8, 4) is 0 Å². The first-order valence-corrected chi connectivity index (χ1v) is 6.43. The van der Waals surface area contributed by atoms with Gasteiger partial charge in [-0.25, -0.2) is 4.98 Å². The van der Waals surface area contributed by atoms with Gasteiger partial charge < -0.3 is 9.72 Å². The molecule has 0 spiro atoms. The number of nitrogens with one attached hydrogen (secondary N) is 1. The number of pyridine rings is 1. The summed E-state index contributed by atoms with van der Waals surface area (Å²) in [6.07, 6.45) is 5.65. The first-order valence-electron chi connectivity index (χ1n) is 6.43. The van der Waals surface area contributed by atoms with Crippen LogP contribution in [-0.4, -0.2) is 22.5 Å². The molecular formula is C14H19N3. The second-order valence-corrected chi connectivity index (χ2v) is 5.24. The van der Waals surface area contributed by atoms with E-state index in [2.05, 4.69) is 53.1 Å². The zero-order valence-electron chi connectivity index (χ0n) is 10.5. The topological polar surface area (TPSA) is 29.3 Å². The minimum Gasteiger partial charge on any atom is -0.316 e. The van der Waals surface area contributed by atoms with Gasteiger partial charge in [0.15, 0.2) is 0 Å². The van der Waals surface area contributed by atoms with E-state index in [1.807, 2.05) is 0 Å². The molecule has 90 valence electrons. The normalized spacial score (nSPS) is 20.5. The lowest BCUT2D eigenvalue weighted by Crippen LogP contribution is -2.08. The van der Waals surface area contributed by atoms with Crippen LogP contribution in [0.2, 0.25) is 0 Å². The van der Waals surface area contributed by atoms with Crippen LogP contribution in [0.3, 0.4) is 0 Å². The second kappa shape index (κ2) is 4.15. The van der Waals surface area contributed by atoms with E-state index in [0.29, 0.717) is 11.8 Å². The third-order valence-corrected chi connectivity index (χ3v) is 3.62. The third-order valence-electron chi connectivity index (χ3n) is 3.62. The minimum atomic E-state index is 0.492. The third kappa shape index (κ3) is 1.95. The predicted molar refractivity (Wildman–Crippen MR) is 69.5 cm³/mol. The van der Waals surface area contributed by atoms with Crippen molar-refractivity contribution >= 4 is 5.65 Å². The van der Waals surface area contributed by atoms with Gasteiger partial charge in [-0.2, -0.15) is 0 Å². The van der Waals surface area contributed by atoms with Gasteiger partial charge in [-0.15, -0.1) is 0 Å². The summed E-state index contributed by atoms with van der Waals surface area (Å²) >= 11 is 0. The van der Waals surface area contributed by atoms with Gasteiger partial charge in [0, 0.05) is 18.9 Å². The molecule has 2 aromatic rings. The molecule has 1 aliphatic heterocycles. The molecule has 1 saturated heterocycles. The Morgan fingerprint density at radius 3 is 2.94 bits per heavy atom. The first kappa shape index (κ1) is 10.8. The van der Waals surface area contributed by atoms with Crippen LogP contribution in [0.15, 0.2) is 24.5 Å². The molecule has 0 saturated carbocycles. The summed E-state index contributed by atoms with van der Waals surface area (Å²) in [4.78, 5) is 4.63. The van der Waals surface area contributed by atoms with Gasteiger partial charge in [0.2, 0.25) is 0 Å². The molecule has 2 aromatic heterocycles. The summed E-state index contributed by atoms with van der Waals surface area (Å²) in [6, 6.07) is 4.36. The highest BCUT2D eigenvalue weighted by molar-refractivity contribution is 5.42. The van der Waals surface area contributed by atoms with Crippen LogP contribution < -0.4 is 5.32 Å². The minimum absolute atomic E-state index is 0.492. The van der Waals surface area contributed by atoms with E-state index in [4.69, 9.17) is 0 Å². The zero-order chi connectivity index (χ0) is 11.8. The number of hydrogen-bond donors (Lipinski definition) is 1. The van der Waals surface area contributed by atoms with Crippen LogP contribution >= 0.6 is 0 Å². The van der Waals surface area contributed by atoms with Gasteiger partial charge in [-0.3, -0.25) is 0 Å². The Kier molecular flexibility index (Phi) is 2.63. The summed E-state index contributed by atoms with van der Waals surface area (Å²) < 4.78 is 2.17. The zero-order valence-corrected chi connectivity index (χ0v) is 10.5. The Morgan fingerprint density at radius 2 is 2.24 bits per heavy atom. The maximum atomic E-state index is 4.63. The molecule has 0 bridgehead atoms. The lowest BCUT2D eigenvalue weighted by molar-refractivity contribution is 0.756. The Balaban J connectivity index is 2.00. The van der Waals surface area contributed by atoms with E-state index in [9.17, 15) is 0 Å². The molecule has 3 rings (SSSR count). The average molecular weight is 229 g/mol. The Bertz CT molecular complexity index is 521. The SMILES string of the molecule is CC(C)c1cn2cc(C3CCNC3)ccc2n1. The highest BCUT2D eigenvalue weighted by atomic mass is 15.0. The maximum absolute atomic E-state index is 4.63. The number of fused-ring (bicyclic) bond motifs is 1. The van der Waals surface area contributed by atoms with E-state index in [1.165, 1.54) is 17.7 Å². The fraction of sp³-hybridized carbons (Fsp3) is 0.500. The molecule has 0 amide bonds. The van der Waals surface area contributed by atoms with Gasteiger partial charge in [0.1, 0.15) is 5.65 Å². The summed E-state index contributed by atoms with van der Waals surface area (Å²) in [5.74, 6) is 1.16. The fourth-order valence-electron chi connectivity index (χ4n) is 2.49. The highest BCUT2D eigenvalue weighted by Gasteiger charge is 2.17. The summed E-state index contributed by atoms with van der Waals surface area (Å²) in [5.41, 5.74) is 3.66. The van der Waals surface area contributed by atoms with Crippen molar-refractivity contribution in [1.82, 2.24) is 14.7 Å². The molecule has 1 aliphatic rings. The molecule has 3 heteroatoms. The molecule has 1 unspecified atom stereocenters. The molecular weight excluding hydrogens is 210 g/mol. The van der Waals surface area contributed by atoms with Crippen LogP contribution in [-0.2, 0) is 0 Å². The predicted octanol–water partition coefficient (Wildman–Crippen LogP) is 2.53. The van der Waals surface area contributed by atoms with E-state index in [1.54, 1.807) is 0 Å². The van der Waals surface area contributed by atoms with Crippen molar-refractivity contribution in [3.63, 3.8) is 0 Å². The Hall–Kier alpha value is -1.35. The molecule has 0 radical (unpaired) electrons. The number of imidazole rings is 1. The molecule has 3 heterocycles. The summed E-state index contributed by atoms with van der Waals surface area (Å²) in [5, 5.41) is 3.42. The van der Waals surface area contributed by atoms with Gasteiger partial charge >= 0.3 is 0 Å². The molecule has 3 nitrogen and oxygen atoms in total. The van der Waals surface area contributed by atoms with Crippen LogP contribution in [0.4, 0.5) is 0 Å². The number of hydrogen-bond acceptors (Lipinski definition) is 2. The van der Waals surface area contributed by atoms with Crippen LogP contribution in [0.5, 0.6) is 0 Å². The average Bonchev–Trinajstić information content (AvgIpc) is 2.97. The summed E-state index contributed by atoms with van der Waals surface area (Å²) in [7, 11) is 0. The van der Waals surface area contributed by atoms with Crippen LogP contribution in [0.1, 0.15) is 43.4 Å². The van der Waals surface area contributed by atoms with E-state index < -0.39 is 0 Å². The van der Waals surface area contributed by atoms with Crippen molar-refractivity contribution < 1.29 is 0 Å². The lowest BCUT2D eigenvalue weighted by Gasteiger charge is -2.08. The van der Waals surface area contributed by atoms with E-state index in [0.717, 1.165) is 18.7 Å². The fourth-order valence-corrected chi connectivity index (χ4v) is 2.49. The van der Waals surface area contributed by atoms with Crippen molar-refractivity contribution in [2.75, 3.05) is 13.1 Å². The van der Waals surface area contributed by atoms with Gasteiger partial charge in [-0.1, -0.05) is 19.9 Å². The molecule has 1 fully saturated rings. The molecule has 17 heavy (non-hydrogen) atoms. The van der Waals surface area contributed by atoms with Gasteiger partial charge in [0.25, 0.3) is 0 Å². The first-order chi connectivity index (χ1) is 8.24. The second-order valence-electron chi connectivity index (χ2n) is 5.24. The highest BCUT2D eigenvalue weighted by Crippen LogP contribution is 2.23. The standard InChI is InChI=1S/C14H19N3/c1-10(2)13-9-17-8-12(3-4-14(17)16-13)11-5-6-15-7-11/h3-4,8-11,15H,5-7H2,1-2H3. The summed E-state index contributed by atoms with van der Waals surface area (Å²) in [6.45, 7) is 6.62. The van der Waals surface area contributed by atoms with Crippen molar-refractivity contribution in [2.24, 2.45) is 0 Å². The largest absolute Gasteiger partial charge is 0.316 e. The quantitative estimate of drug-likeness (QED) is 0.857. The number of aromatic nitrogens is 2. The Labute approximate surface area is 102 Å². The van der Waals surface area contributed by atoms with Crippen molar-refractivity contribution in [3.05, 3.63) is 35.8 Å². The van der Waals surface area contributed by atoms with Crippen molar-refractivity contribution in [1.29, 1.82) is 0 Å². The van der Waals surface area contributed by atoms with Crippen molar-refractivity contribution in [2.45, 2.75) is 32.1 Å². The van der Waals surface area contributed by atoms with Crippen LogP contribution in [0.25, 0.3) is 5.65 Å². The molecule has 0 aromatic carbocycles. The molecule has 1 N–H and O–H groups in total. The number of rotatable bonds is 2. The van der Waals surface area contributed by atoms with Gasteiger partial charge in [-0.05, 0) is 36.4 Å². The molecule has 1 atom stereocenters.